The van der Waals surface area contributed by atoms with Gasteiger partial charge in [-0.05, 0) is 11.6 Å². The summed E-state index contributed by atoms with van der Waals surface area (Å²) in [5.74, 6) is 3.52. The van der Waals surface area contributed by atoms with Crippen LogP contribution < -0.4 is 5.32 Å². The minimum Gasteiger partial charge on any atom is -0.363 e. The summed E-state index contributed by atoms with van der Waals surface area (Å²) in [6.07, 6.45) is 1.13. The molecule has 1 atom stereocenters. The van der Waals surface area contributed by atoms with E-state index in [1.165, 1.54) is 5.75 Å². The third-order valence-electron chi connectivity index (χ3n) is 2.32. The standard InChI is InChI=1S/C9H11ClN4O2S2/c10-9-12-4-7(14(15)16)8(13-9)11-3-6-5-17-1-2-18-6/h4,6H,1-3,5H2,(H,11,12,13). The summed E-state index contributed by atoms with van der Waals surface area (Å²) in [6.45, 7) is 0.645. The molecule has 1 N–H and O–H groups in total. The van der Waals surface area contributed by atoms with Crippen LogP contribution in [0.1, 0.15) is 0 Å². The van der Waals surface area contributed by atoms with Crippen molar-refractivity contribution in [2.75, 3.05) is 29.1 Å². The summed E-state index contributed by atoms with van der Waals surface area (Å²) in [7, 11) is 0. The summed E-state index contributed by atoms with van der Waals surface area (Å²) < 4.78 is 0. The van der Waals surface area contributed by atoms with Crippen molar-refractivity contribution in [1.82, 2.24) is 9.97 Å². The molecule has 2 heterocycles. The molecule has 18 heavy (non-hydrogen) atoms. The second kappa shape index (κ2) is 6.44. The molecule has 0 spiro atoms. The number of hydrogen-bond acceptors (Lipinski definition) is 7. The Morgan fingerprint density at radius 3 is 3.11 bits per heavy atom. The maximum atomic E-state index is 10.8. The van der Waals surface area contributed by atoms with E-state index in [1.54, 1.807) is 0 Å². The van der Waals surface area contributed by atoms with Crippen LogP contribution in [0.4, 0.5) is 11.5 Å². The predicted octanol–water partition coefficient (Wildman–Crippen LogP) is 2.30. The largest absolute Gasteiger partial charge is 0.363 e. The van der Waals surface area contributed by atoms with Crippen LogP contribution in [0.15, 0.2) is 6.20 Å². The van der Waals surface area contributed by atoms with Crippen LogP contribution in [0.2, 0.25) is 5.28 Å². The van der Waals surface area contributed by atoms with E-state index in [-0.39, 0.29) is 16.8 Å². The van der Waals surface area contributed by atoms with Crippen molar-refractivity contribution in [2.24, 2.45) is 0 Å². The maximum absolute atomic E-state index is 10.8. The normalized spacial score (nSPS) is 19.5. The van der Waals surface area contributed by atoms with Gasteiger partial charge in [0, 0.05) is 29.1 Å². The van der Waals surface area contributed by atoms with Crippen LogP contribution in [0.3, 0.4) is 0 Å². The molecular formula is C9H11ClN4O2S2. The van der Waals surface area contributed by atoms with E-state index in [9.17, 15) is 10.1 Å². The van der Waals surface area contributed by atoms with Crippen molar-refractivity contribution in [3.05, 3.63) is 21.6 Å². The van der Waals surface area contributed by atoms with Gasteiger partial charge < -0.3 is 5.32 Å². The second-order valence-electron chi connectivity index (χ2n) is 3.58. The topological polar surface area (TPSA) is 81.0 Å². The smallest absolute Gasteiger partial charge is 0.329 e. The predicted molar refractivity (Wildman–Crippen MR) is 75.8 cm³/mol. The first-order valence-electron chi connectivity index (χ1n) is 5.27. The van der Waals surface area contributed by atoms with Crippen LogP contribution in [0.25, 0.3) is 0 Å². The zero-order chi connectivity index (χ0) is 13.0. The summed E-state index contributed by atoms with van der Waals surface area (Å²) in [5.41, 5.74) is -0.145. The molecule has 1 saturated heterocycles. The van der Waals surface area contributed by atoms with E-state index < -0.39 is 4.92 Å². The molecule has 1 unspecified atom stereocenters. The highest BCUT2D eigenvalue weighted by Gasteiger charge is 2.19. The minimum absolute atomic E-state index is 0.00812. The fourth-order valence-corrected chi connectivity index (χ4v) is 4.23. The quantitative estimate of drug-likeness (QED) is 0.519. The van der Waals surface area contributed by atoms with Crippen LogP contribution in [0.5, 0.6) is 0 Å². The molecule has 0 saturated carbocycles. The summed E-state index contributed by atoms with van der Waals surface area (Å²) in [6, 6.07) is 0. The van der Waals surface area contributed by atoms with E-state index >= 15 is 0 Å². The molecule has 98 valence electrons. The van der Waals surface area contributed by atoms with Crippen molar-refractivity contribution < 1.29 is 4.92 Å². The Hall–Kier alpha value is -0.730. The Morgan fingerprint density at radius 1 is 1.61 bits per heavy atom. The van der Waals surface area contributed by atoms with Crippen molar-refractivity contribution in [3.8, 4) is 0 Å². The first-order valence-corrected chi connectivity index (χ1v) is 7.85. The molecule has 6 nitrogen and oxygen atoms in total. The Balaban J connectivity index is 2.03. The van der Waals surface area contributed by atoms with Crippen LogP contribution in [-0.4, -0.2) is 43.9 Å². The van der Waals surface area contributed by atoms with E-state index in [0.717, 1.165) is 17.7 Å². The lowest BCUT2D eigenvalue weighted by molar-refractivity contribution is -0.384. The molecule has 0 aromatic carbocycles. The molecule has 1 aromatic rings. The van der Waals surface area contributed by atoms with Gasteiger partial charge in [0.05, 0.1) is 4.92 Å². The molecule has 0 amide bonds. The van der Waals surface area contributed by atoms with E-state index in [4.69, 9.17) is 11.6 Å². The number of rotatable bonds is 4. The van der Waals surface area contributed by atoms with Gasteiger partial charge in [0.1, 0.15) is 6.20 Å². The van der Waals surface area contributed by atoms with Gasteiger partial charge in [0.2, 0.25) is 11.1 Å². The number of halogens is 1. The lowest BCUT2D eigenvalue weighted by Crippen LogP contribution is -2.24. The van der Waals surface area contributed by atoms with Gasteiger partial charge in [-0.2, -0.15) is 28.5 Å². The third kappa shape index (κ3) is 3.63. The molecule has 0 radical (unpaired) electrons. The van der Waals surface area contributed by atoms with Gasteiger partial charge >= 0.3 is 5.69 Å². The van der Waals surface area contributed by atoms with Crippen LogP contribution >= 0.6 is 35.1 Å². The number of thioether (sulfide) groups is 2. The number of hydrogen-bond donors (Lipinski definition) is 1. The van der Waals surface area contributed by atoms with Gasteiger partial charge in [0.25, 0.3) is 0 Å². The van der Waals surface area contributed by atoms with E-state index in [0.29, 0.717) is 11.8 Å². The molecule has 1 fully saturated rings. The maximum Gasteiger partial charge on any atom is 0.329 e. The zero-order valence-electron chi connectivity index (χ0n) is 9.34. The monoisotopic (exact) mass is 306 g/mol. The summed E-state index contributed by atoms with van der Waals surface area (Å²) in [4.78, 5) is 17.8. The SMILES string of the molecule is O=[N+]([O-])c1cnc(Cl)nc1NCC1CSCCS1. The van der Waals surface area contributed by atoms with E-state index in [1.807, 2.05) is 23.5 Å². The van der Waals surface area contributed by atoms with E-state index in [2.05, 4.69) is 15.3 Å². The average Bonchev–Trinajstić information content (AvgIpc) is 2.37. The van der Waals surface area contributed by atoms with Crippen molar-refractivity contribution in [1.29, 1.82) is 0 Å². The lowest BCUT2D eigenvalue weighted by Gasteiger charge is -2.21. The second-order valence-corrected chi connectivity index (χ2v) is 6.47. The Kier molecular flexibility index (Phi) is 4.90. The molecule has 9 heteroatoms. The van der Waals surface area contributed by atoms with Crippen molar-refractivity contribution in [3.63, 3.8) is 0 Å². The Labute approximate surface area is 117 Å². The fraction of sp³-hybridized carbons (Fsp3) is 0.556. The number of aromatic nitrogens is 2. The molecule has 1 aliphatic rings. The Bertz CT molecular complexity index is 443. The van der Waals surface area contributed by atoms with Crippen LogP contribution in [0, 0.1) is 10.1 Å². The lowest BCUT2D eigenvalue weighted by atomic mass is 10.4. The molecular weight excluding hydrogens is 296 g/mol. The number of nitrogens with one attached hydrogen (secondary N) is 1. The highest BCUT2D eigenvalue weighted by molar-refractivity contribution is 8.06. The number of anilines is 1. The molecule has 0 bridgehead atoms. The summed E-state index contributed by atoms with van der Waals surface area (Å²) in [5, 5.41) is 14.3. The molecule has 0 aliphatic carbocycles. The molecule has 2 rings (SSSR count). The first-order chi connectivity index (χ1) is 8.66. The zero-order valence-corrected chi connectivity index (χ0v) is 11.7. The molecule has 1 aromatic heterocycles. The number of nitro groups is 1. The van der Waals surface area contributed by atoms with Crippen molar-refractivity contribution >= 4 is 46.6 Å². The van der Waals surface area contributed by atoms with Gasteiger partial charge in [-0.15, -0.1) is 0 Å². The van der Waals surface area contributed by atoms with Crippen molar-refractivity contribution in [2.45, 2.75) is 5.25 Å². The van der Waals surface area contributed by atoms with Gasteiger partial charge in [-0.25, -0.2) is 4.98 Å². The minimum atomic E-state index is -0.512. The Morgan fingerprint density at radius 2 is 2.44 bits per heavy atom. The average molecular weight is 307 g/mol. The van der Waals surface area contributed by atoms with Gasteiger partial charge in [-0.3, -0.25) is 10.1 Å². The van der Waals surface area contributed by atoms with Gasteiger partial charge in [-0.1, -0.05) is 0 Å². The van der Waals surface area contributed by atoms with Gasteiger partial charge in [0.15, 0.2) is 0 Å². The third-order valence-corrected chi connectivity index (χ3v) is 5.35. The molecule has 1 aliphatic heterocycles. The highest BCUT2D eigenvalue weighted by Crippen LogP contribution is 2.26. The number of nitrogens with zero attached hydrogens (tertiary/aromatic N) is 3. The fourth-order valence-electron chi connectivity index (χ4n) is 1.48. The summed E-state index contributed by atoms with van der Waals surface area (Å²) >= 11 is 9.42. The highest BCUT2D eigenvalue weighted by atomic mass is 35.5. The first kappa shape index (κ1) is 13.7. The van der Waals surface area contributed by atoms with Crippen LogP contribution in [-0.2, 0) is 0 Å².